The second-order valence-corrected chi connectivity index (χ2v) is 5.54. The Balaban J connectivity index is 1.96. The number of aryl methyl sites for hydroxylation is 1. The molecule has 0 atom stereocenters. The van der Waals surface area contributed by atoms with Crippen molar-refractivity contribution < 1.29 is 9.32 Å². The number of nitrogens with one attached hydrogen (secondary N) is 1. The van der Waals surface area contributed by atoms with Gasteiger partial charge in [0.05, 0.1) is 33.2 Å². The molecule has 1 fully saturated rings. The maximum atomic E-state index is 9.33. The number of oxazole rings is 1. The first kappa shape index (κ1) is 13.7. The van der Waals surface area contributed by atoms with Crippen molar-refractivity contribution >= 4 is 5.88 Å². The fourth-order valence-corrected chi connectivity index (χ4v) is 2.62. The van der Waals surface area contributed by atoms with Gasteiger partial charge in [-0.1, -0.05) is 18.2 Å². The normalized spacial score (nSPS) is 16.0. The summed E-state index contributed by atoms with van der Waals surface area (Å²) < 4.78 is 5.93. The summed E-state index contributed by atoms with van der Waals surface area (Å²) >= 11 is 0. The topological polar surface area (TPSA) is 57.5 Å². The molecule has 0 amide bonds. The Hall–Kier alpha value is -2.32. The number of benzene rings is 1. The van der Waals surface area contributed by atoms with Gasteiger partial charge in [0.2, 0.25) is 17.5 Å². The minimum Gasteiger partial charge on any atom is -0.419 e. The van der Waals surface area contributed by atoms with E-state index in [1.54, 1.807) is 0 Å². The van der Waals surface area contributed by atoms with E-state index in [1.807, 2.05) is 31.2 Å². The molecule has 0 bridgehead atoms. The molecule has 2 aromatic rings. The first-order valence-electron chi connectivity index (χ1n) is 7.22. The lowest BCUT2D eigenvalue weighted by molar-refractivity contribution is -0.880. The van der Waals surface area contributed by atoms with Crippen LogP contribution in [-0.4, -0.2) is 38.2 Å². The number of nitriles is 1. The molecule has 0 radical (unpaired) electrons. The molecule has 3 rings (SSSR count). The molecule has 1 aliphatic rings. The van der Waals surface area contributed by atoms with Gasteiger partial charge in [0.15, 0.2) is 0 Å². The van der Waals surface area contributed by atoms with Crippen molar-refractivity contribution in [3.63, 3.8) is 0 Å². The molecule has 5 heteroatoms. The Morgan fingerprint density at radius 1 is 1.29 bits per heavy atom. The predicted molar refractivity (Wildman–Crippen MR) is 80.2 cm³/mol. The van der Waals surface area contributed by atoms with Crippen molar-refractivity contribution in [2.45, 2.75) is 6.92 Å². The number of hydrogen-bond donors (Lipinski definition) is 1. The van der Waals surface area contributed by atoms with E-state index in [2.05, 4.69) is 23.0 Å². The smallest absolute Gasteiger partial charge is 0.235 e. The Morgan fingerprint density at radius 2 is 2.00 bits per heavy atom. The van der Waals surface area contributed by atoms with Crippen LogP contribution in [0.15, 0.2) is 28.7 Å². The predicted octanol–water partition coefficient (Wildman–Crippen LogP) is 0.856. The maximum absolute atomic E-state index is 9.33. The zero-order valence-corrected chi connectivity index (χ0v) is 12.4. The molecule has 0 saturated carbocycles. The van der Waals surface area contributed by atoms with Gasteiger partial charge in [-0.15, -0.1) is 0 Å². The molecule has 108 valence electrons. The van der Waals surface area contributed by atoms with Crippen LogP contribution in [0.3, 0.4) is 0 Å². The SMILES string of the molecule is Cc1ccccc1-c1nc(C#N)c(N2CC[NH+](C)CC2)o1. The van der Waals surface area contributed by atoms with Crippen molar-refractivity contribution in [3.8, 4) is 17.5 Å². The molecule has 1 aromatic heterocycles. The van der Waals surface area contributed by atoms with E-state index < -0.39 is 0 Å². The lowest BCUT2D eigenvalue weighted by atomic mass is 10.1. The average molecular weight is 283 g/mol. The van der Waals surface area contributed by atoms with Gasteiger partial charge in [0.25, 0.3) is 0 Å². The van der Waals surface area contributed by atoms with E-state index in [0.29, 0.717) is 17.5 Å². The minimum absolute atomic E-state index is 0.382. The van der Waals surface area contributed by atoms with Crippen LogP contribution >= 0.6 is 0 Å². The van der Waals surface area contributed by atoms with Crippen LogP contribution < -0.4 is 9.80 Å². The quantitative estimate of drug-likeness (QED) is 0.888. The Morgan fingerprint density at radius 3 is 2.67 bits per heavy atom. The third kappa shape index (κ3) is 2.63. The number of rotatable bonds is 2. The summed E-state index contributed by atoms with van der Waals surface area (Å²) in [7, 11) is 2.18. The molecule has 1 saturated heterocycles. The number of likely N-dealkylation sites (N-methyl/N-ethyl adjacent to an activating group) is 1. The van der Waals surface area contributed by atoms with Crippen LogP contribution in [-0.2, 0) is 0 Å². The summed E-state index contributed by atoms with van der Waals surface area (Å²) in [4.78, 5) is 8.01. The van der Waals surface area contributed by atoms with Crippen molar-refractivity contribution in [3.05, 3.63) is 35.5 Å². The first-order valence-corrected chi connectivity index (χ1v) is 7.22. The fourth-order valence-electron chi connectivity index (χ4n) is 2.62. The average Bonchev–Trinajstić information content (AvgIpc) is 2.92. The standard InChI is InChI=1S/C16H18N4O/c1-12-5-3-4-6-13(12)15-18-14(11-17)16(21-15)20-9-7-19(2)8-10-20/h3-6H,7-10H2,1-2H3/p+1. The second-order valence-electron chi connectivity index (χ2n) is 5.54. The van der Waals surface area contributed by atoms with Gasteiger partial charge >= 0.3 is 0 Å². The number of aromatic nitrogens is 1. The largest absolute Gasteiger partial charge is 0.419 e. The lowest BCUT2D eigenvalue weighted by Crippen LogP contribution is -3.12. The van der Waals surface area contributed by atoms with Gasteiger partial charge in [-0.05, 0) is 18.6 Å². The van der Waals surface area contributed by atoms with Gasteiger partial charge in [-0.2, -0.15) is 10.2 Å². The fraction of sp³-hybridized carbons (Fsp3) is 0.375. The van der Waals surface area contributed by atoms with Crippen LogP contribution in [0.25, 0.3) is 11.5 Å². The summed E-state index contributed by atoms with van der Waals surface area (Å²) in [6.45, 7) is 5.90. The summed E-state index contributed by atoms with van der Waals surface area (Å²) in [5, 5.41) is 9.33. The Kier molecular flexibility index (Phi) is 3.63. The molecular formula is C16H19N4O+. The van der Waals surface area contributed by atoms with E-state index in [1.165, 1.54) is 4.90 Å². The summed E-state index contributed by atoms with van der Waals surface area (Å²) in [6.07, 6.45) is 0. The molecule has 0 aliphatic carbocycles. The van der Waals surface area contributed by atoms with Crippen molar-refractivity contribution in [2.75, 3.05) is 38.1 Å². The van der Waals surface area contributed by atoms with Crippen molar-refractivity contribution in [1.82, 2.24) is 4.98 Å². The third-order valence-corrected chi connectivity index (χ3v) is 3.99. The zero-order chi connectivity index (χ0) is 14.8. The number of piperazine rings is 1. The molecule has 0 spiro atoms. The Labute approximate surface area is 124 Å². The number of anilines is 1. The molecule has 1 aliphatic heterocycles. The van der Waals surface area contributed by atoms with Crippen molar-refractivity contribution in [1.29, 1.82) is 5.26 Å². The highest BCUT2D eigenvalue weighted by molar-refractivity contribution is 5.62. The molecule has 0 unspecified atom stereocenters. The Bertz CT molecular complexity index is 678. The van der Waals surface area contributed by atoms with Crippen molar-refractivity contribution in [2.24, 2.45) is 0 Å². The van der Waals surface area contributed by atoms with Gasteiger partial charge in [0, 0.05) is 5.56 Å². The summed E-state index contributed by atoms with van der Waals surface area (Å²) in [5.41, 5.74) is 2.42. The zero-order valence-electron chi connectivity index (χ0n) is 12.4. The molecule has 1 N–H and O–H groups in total. The number of nitrogens with zero attached hydrogens (tertiary/aromatic N) is 3. The molecule has 21 heavy (non-hydrogen) atoms. The summed E-state index contributed by atoms with van der Waals surface area (Å²) in [5.74, 6) is 1.15. The van der Waals surface area contributed by atoms with E-state index in [-0.39, 0.29) is 0 Å². The lowest BCUT2D eigenvalue weighted by Gasteiger charge is -2.29. The van der Waals surface area contributed by atoms with Gasteiger partial charge in [-0.3, -0.25) is 0 Å². The molecule has 2 heterocycles. The van der Waals surface area contributed by atoms with Crippen LogP contribution in [0, 0.1) is 18.3 Å². The highest BCUT2D eigenvalue weighted by atomic mass is 16.4. The minimum atomic E-state index is 0.382. The number of quaternary nitrogens is 1. The molecule has 5 nitrogen and oxygen atoms in total. The van der Waals surface area contributed by atoms with Gasteiger partial charge in [0.1, 0.15) is 6.07 Å². The number of hydrogen-bond acceptors (Lipinski definition) is 4. The van der Waals surface area contributed by atoms with Gasteiger partial charge in [-0.25, -0.2) is 0 Å². The highest BCUT2D eigenvalue weighted by Gasteiger charge is 2.25. The van der Waals surface area contributed by atoms with Crippen LogP contribution in [0.2, 0.25) is 0 Å². The van der Waals surface area contributed by atoms with E-state index in [4.69, 9.17) is 4.42 Å². The first-order chi connectivity index (χ1) is 10.2. The van der Waals surface area contributed by atoms with E-state index in [0.717, 1.165) is 37.3 Å². The third-order valence-electron chi connectivity index (χ3n) is 3.99. The molecular weight excluding hydrogens is 264 g/mol. The monoisotopic (exact) mass is 283 g/mol. The maximum Gasteiger partial charge on any atom is 0.235 e. The van der Waals surface area contributed by atoms with E-state index in [9.17, 15) is 5.26 Å². The van der Waals surface area contributed by atoms with Crippen LogP contribution in [0.4, 0.5) is 5.88 Å². The van der Waals surface area contributed by atoms with E-state index >= 15 is 0 Å². The summed E-state index contributed by atoms with van der Waals surface area (Å²) in [6, 6.07) is 10.1. The molecule has 1 aromatic carbocycles. The van der Waals surface area contributed by atoms with Crippen LogP contribution in [0.5, 0.6) is 0 Å². The van der Waals surface area contributed by atoms with Crippen LogP contribution in [0.1, 0.15) is 11.3 Å². The van der Waals surface area contributed by atoms with Gasteiger partial charge < -0.3 is 14.2 Å². The second kappa shape index (κ2) is 5.58. The highest BCUT2D eigenvalue weighted by Crippen LogP contribution is 2.29.